The van der Waals surface area contributed by atoms with Crippen molar-refractivity contribution in [3.05, 3.63) is 53.4 Å². The number of aromatic amines is 1. The number of aromatic nitrogens is 2. The van der Waals surface area contributed by atoms with Gasteiger partial charge in [-0.05, 0) is 24.6 Å². The van der Waals surface area contributed by atoms with E-state index in [0.717, 1.165) is 23.5 Å². The molecule has 0 bridgehead atoms. The highest BCUT2D eigenvalue weighted by Gasteiger charge is 1.99. The van der Waals surface area contributed by atoms with Crippen molar-refractivity contribution in [2.75, 3.05) is 0 Å². The Morgan fingerprint density at radius 2 is 2.00 bits per heavy atom. The third-order valence-corrected chi connectivity index (χ3v) is 2.06. The summed E-state index contributed by atoms with van der Waals surface area (Å²) in [5.41, 5.74) is 2.13. The third-order valence-electron chi connectivity index (χ3n) is 2.06. The summed E-state index contributed by atoms with van der Waals surface area (Å²) in [4.78, 5) is 7.23. The molecule has 0 aliphatic carbocycles. The second-order valence-electron chi connectivity index (χ2n) is 3.30. The van der Waals surface area contributed by atoms with Gasteiger partial charge < -0.3 is 4.98 Å². The Morgan fingerprint density at radius 1 is 1.29 bits per heavy atom. The molecule has 0 radical (unpaired) electrons. The average molecular weight is 190 g/mol. The summed E-state index contributed by atoms with van der Waals surface area (Å²) >= 11 is 0. The van der Waals surface area contributed by atoms with Crippen molar-refractivity contribution < 1.29 is 4.39 Å². The average Bonchev–Trinajstić information content (AvgIpc) is 2.56. The number of aryl methyl sites for hydroxylation is 1. The Kier molecular flexibility index (Phi) is 2.31. The highest BCUT2D eigenvalue weighted by Crippen LogP contribution is 2.08. The molecule has 0 saturated carbocycles. The lowest BCUT2D eigenvalue weighted by atomic mass is 10.1. The molecule has 1 aromatic carbocycles. The first-order valence-corrected chi connectivity index (χ1v) is 4.49. The van der Waals surface area contributed by atoms with Crippen LogP contribution in [0.25, 0.3) is 0 Å². The van der Waals surface area contributed by atoms with Gasteiger partial charge in [0.25, 0.3) is 0 Å². The number of hydrogen-bond donors (Lipinski definition) is 1. The standard InChI is InChI=1S/C11H11FN2/c1-8-13-7-11(14-8)6-9-2-4-10(12)5-3-9/h2-5,7H,6H2,1H3,(H,13,14). The fraction of sp³-hybridized carbons (Fsp3) is 0.182. The molecule has 0 atom stereocenters. The normalized spacial score (nSPS) is 10.4. The fourth-order valence-corrected chi connectivity index (χ4v) is 1.38. The van der Waals surface area contributed by atoms with E-state index in [2.05, 4.69) is 9.97 Å². The first-order valence-electron chi connectivity index (χ1n) is 4.49. The van der Waals surface area contributed by atoms with Gasteiger partial charge in [-0.3, -0.25) is 0 Å². The van der Waals surface area contributed by atoms with Gasteiger partial charge in [-0.2, -0.15) is 0 Å². The highest BCUT2D eigenvalue weighted by atomic mass is 19.1. The van der Waals surface area contributed by atoms with Crippen molar-refractivity contribution in [1.82, 2.24) is 9.97 Å². The number of nitrogens with one attached hydrogen (secondary N) is 1. The van der Waals surface area contributed by atoms with Gasteiger partial charge >= 0.3 is 0 Å². The third kappa shape index (κ3) is 1.99. The SMILES string of the molecule is Cc1ncc(Cc2ccc(F)cc2)[nH]1. The number of hydrogen-bond acceptors (Lipinski definition) is 1. The second-order valence-corrected chi connectivity index (χ2v) is 3.30. The molecule has 3 heteroatoms. The Hall–Kier alpha value is -1.64. The molecule has 0 spiro atoms. The number of imidazole rings is 1. The van der Waals surface area contributed by atoms with Gasteiger partial charge in [0.2, 0.25) is 0 Å². The summed E-state index contributed by atoms with van der Waals surface area (Å²) in [5, 5.41) is 0. The molecule has 1 aromatic heterocycles. The van der Waals surface area contributed by atoms with E-state index in [1.807, 2.05) is 6.92 Å². The van der Waals surface area contributed by atoms with Gasteiger partial charge in [0.05, 0.1) is 0 Å². The Bertz CT molecular complexity index is 417. The quantitative estimate of drug-likeness (QED) is 0.774. The van der Waals surface area contributed by atoms with E-state index in [4.69, 9.17) is 0 Å². The Balaban J connectivity index is 2.15. The number of nitrogens with zero attached hydrogens (tertiary/aromatic N) is 1. The van der Waals surface area contributed by atoms with Gasteiger partial charge in [0, 0.05) is 18.3 Å². The van der Waals surface area contributed by atoms with E-state index in [1.165, 1.54) is 12.1 Å². The van der Waals surface area contributed by atoms with Crippen LogP contribution in [-0.2, 0) is 6.42 Å². The zero-order chi connectivity index (χ0) is 9.97. The lowest BCUT2D eigenvalue weighted by Gasteiger charge is -1.97. The van der Waals surface area contributed by atoms with E-state index in [-0.39, 0.29) is 5.82 Å². The van der Waals surface area contributed by atoms with Crippen molar-refractivity contribution in [3.63, 3.8) is 0 Å². The molecule has 0 saturated heterocycles. The Morgan fingerprint density at radius 3 is 2.57 bits per heavy atom. The van der Waals surface area contributed by atoms with Crippen LogP contribution < -0.4 is 0 Å². The summed E-state index contributed by atoms with van der Waals surface area (Å²) in [6.45, 7) is 1.91. The van der Waals surface area contributed by atoms with Crippen LogP contribution in [0.3, 0.4) is 0 Å². The zero-order valence-corrected chi connectivity index (χ0v) is 7.92. The molecule has 0 amide bonds. The molecular formula is C11H11FN2. The Labute approximate surface area is 81.8 Å². The summed E-state index contributed by atoms with van der Waals surface area (Å²) in [6.07, 6.45) is 2.57. The molecule has 0 unspecified atom stereocenters. The molecule has 1 heterocycles. The predicted octanol–water partition coefficient (Wildman–Crippen LogP) is 2.45. The first-order chi connectivity index (χ1) is 6.74. The van der Waals surface area contributed by atoms with E-state index >= 15 is 0 Å². The molecule has 0 aliphatic heterocycles. The number of halogens is 1. The summed E-state index contributed by atoms with van der Waals surface area (Å²) in [6, 6.07) is 6.51. The topological polar surface area (TPSA) is 28.7 Å². The van der Waals surface area contributed by atoms with Crippen LogP contribution in [0.2, 0.25) is 0 Å². The van der Waals surface area contributed by atoms with E-state index in [1.54, 1.807) is 18.3 Å². The van der Waals surface area contributed by atoms with Crippen LogP contribution in [0.4, 0.5) is 4.39 Å². The van der Waals surface area contributed by atoms with E-state index in [9.17, 15) is 4.39 Å². The smallest absolute Gasteiger partial charge is 0.123 e. The van der Waals surface area contributed by atoms with Crippen LogP contribution in [0.1, 0.15) is 17.1 Å². The van der Waals surface area contributed by atoms with Gasteiger partial charge in [-0.15, -0.1) is 0 Å². The van der Waals surface area contributed by atoms with Crippen molar-refractivity contribution in [2.24, 2.45) is 0 Å². The van der Waals surface area contributed by atoms with Crippen LogP contribution in [0, 0.1) is 12.7 Å². The summed E-state index contributed by atoms with van der Waals surface area (Å²) in [5.74, 6) is 0.705. The molecule has 14 heavy (non-hydrogen) atoms. The lowest BCUT2D eigenvalue weighted by Crippen LogP contribution is -1.88. The van der Waals surface area contributed by atoms with Crippen LogP contribution in [-0.4, -0.2) is 9.97 Å². The monoisotopic (exact) mass is 190 g/mol. The number of rotatable bonds is 2. The summed E-state index contributed by atoms with van der Waals surface area (Å²) < 4.78 is 12.6. The molecule has 1 N–H and O–H groups in total. The molecule has 2 rings (SSSR count). The minimum Gasteiger partial charge on any atom is -0.346 e. The van der Waals surface area contributed by atoms with Gasteiger partial charge in [-0.25, -0.2) is 9.37 Å². The maximum Gasteiger partial charge on any atom is 0.123 e. The number of benzene rings is 1. The molecule has 2 nitrogen and oxygen atoms in total. The van der Waals surface area contributed by atoms with Crippen molar-refractivity contribution >= 4 is 0 Å². The molecular weight excluding hydrogens is 179 g/mol. The number of H-pyrrole nitrogens is 1. The van der Waals surface area contributed by atoms with Crippen LogP contribution in [0.15, 0.2) is 30.5 Å². The molecule has 2 aromatic rings. The van der Waals surface area contributed by atoms with E-state index in [0.29, 0.717) is 0 Å². The largest absolute Gasteiger partial charge is 0.346 e. The minimum atomic E-state index is -0.199. The van der Waals surface area contributed by atoms with E-state index < -0.39 is 0 Å². The van der Waals surface area contributed by atoms with Gasteiger partial charge in [0.1, 0.15) is 11.6 Å². The van der Waals surface area contributed by atoms with Crippen molar-refractivity contribution in [1.29, 1.82) is 0 Å². The molecule has 72 valence electrons. The lowest BCUT2D eigenvalue weighted by molar-refractivity contribution is 0.627. The highest BCUT2D eigenvalue weighted by molar-refractivity contribution is 5.21. The fourth-order valence-electron chi connectivity index (χ4n) is 1.38. The van der Waals surface area contributed by atoms with Gasteiger partial charge in [-0.1, -0.05) is 12.1 Å². The maximum atomic E-state index is 12.6. The first kappa shape index (κ1) is 8.94. The van der Waals surface area contributed by atoms with Crippen molar-refractivity contribution in [2.45, 2.75) is 13.3 Å². The van der Waals surface area contributed by atoms with Crippen LogP contribution >= 0.6 is 0 Å². The molecule has 0 aliphatic rings. The second kappa shape index (κ2) is 3.62. The zero-order valence-electron chi connectivity index (χ0n) is 7.92. The van der Waals surface area contributed by atoms with Gasteiger partial charge in [0.15, 0.2) is 0 Å². The van der Waals surface area contributed by atoms with Crippen LogP contribution in [0.5, 0.6) is 0 Å². The van der Waals surface area contributed by atoms with Crippen molar-refractivity contribution in [3.8, 4) is 0 Å². The summed E-state index contributed by atoms with van der Waals surface area (Å²) in [7, 11) is 0. The molecule has 0 fully saturated rings. The maximum absolute atomic E-state index is 12.6. The minimum absolute atomic E-state index is 0.199. The predicted molar refractivity (Wildman–Crippen MR) is 52.5 cm³/mol.